The van der Waals surface area contributed by atoms with Gasteiger partial charge in [0.05, 0.1) is 12.2 Å². The molecule has 0 aromatic carbocycles. The van der Waals surface area contributed by atoms with Gasteiger partial charge >= 0.3 is 0 Å². The van der Waals surface area contributed by atoms with Crippen LogP contribution in [0.2, 0.25) is 0 Å². The van der Waals surface area contributed by atoms with Crippen molar-refractivity contribution in [2.24, 2.45) is 11.8 Å². The number of hydrogen-bond donors (Lipinski definition) is 1. The summed E-state index contributed by atoms with van der Waals surface area (Å²) in [4.78, 5) is 4.24. The largest absolute Gasteiger partial charge is 0.375 e. The highest BCUT2D eigenvalue weighted by atomic mass is 16.5. The highest BCUT2D eigenvalue weighted by Gasteiger charge is 2.41. The summed E-state index contributed by atoms with van der Waals surface area (Å²) in [7, 11) is 0. The first kappa shape index (κ1) is 15.5. The Morgan fingerprint density at radius 3 is 2.65 bits per heavy atom. The number of nitrogens with zero attached hydrogens (tertiary/aromatic N) is 1. The summed E-state index contributed by atoms with van der Waals surface area (Å²) >= 11 is 0. The van der Waals surface area contributed by atoms with Gasteiger partial charge in [0.25, 0.3) is 0 Å². The van der Waals surface area contributed by atoms with Crippen LogP contribution in [0.4, 0.5) is 0 Å². The smallest absolute Gasteiger partial charge is 0.0597 e. The molecule has 0 saturated carbocycles. The zero-order valence-electron chi connectivity index (χ0n) is 13.2. The van der Waals surface area contributed by atoms with E-state index in [1.54, 1.807) is 0 Å². The van der Waals surface area contributed by atoms with Crippen LogP contribution in [0.25, 0.3) is 0 Å². The van der Waals surface area contributed by atoms with Crippen LogP contribution in [0.15, 0.2) is 24.5 Å². The molecule has 1 N–H and O–H groups in total. The second-order valence-corrected chi connectivity index (χ2v) is 6.11. The molecule has 5 atom stereocenters. The van der Waals surface area contributed by atoms with Gasteiger partial charge in [0, 0.05) is 24.4 Å². The predicted octanol–water partition coefficient (Wildman–Crippen LogP) is 3.05. The first-order chi connectivity index (χ1) is 9.63. The number of nitrogens with one attached hydrogen (secondary N) is 1. The maximum atomic E-state index is 6.03. The van der Waals surface area contributed by atoms with E-state index in [0.29, 0.717) is 30.1 Å². The van der Waals surface area contributed by atoms with Gasteiger partial charge in [-0.3, -0.25) is 4.98 Å². The maximum absolute atomic E-state index is 6.03. The number of hydrogen-bond acceptors (Lipinski definition) is 3. The SMILES string of the molecule is CCCNC(Cc1cccnc1)C1C(C)OC(C)C1C. The van der Waals surface area contributed by atoms with Gasteiger partial charge in [-0.15, -0.1) is 0 Å². The molecule has 0 amide bonds. The molecule has 0 bridgehead atoms. The third-order valence-corrected chi connectivity index (χ3v) is 4.62. The van der Waals surface area contributed by atoms with Gasteiger partial charge in [-0.2, -0.15) is 0 Å². The van der Waals surface area contributed by atoms with Crippen LogP contribution in [0.1, 0.15) is 39.7 Å². The number of aromatic nitrogens is 1. The standard InChI is InChI=1S/C17H28N2O/c1-5-8-19-16(10-15-7-6-9-18-11-15)17-12(2)13(3)20-14(17)4/h6-7,9,11-14,16-17,19H,5,8,10H2,1-4H3. The van der Waals surface area contributed by atoms with Crippen molar-refractivity contribution in [3.63, 3.8) is 0 Å². The van der Waals surface area contributed by atoms with E-state index in [1.165, 1.54) is 5.56 Å². The van der Waals surface area contributed by atoms with E-state index in [2.05, 4.69) is 44.1 Å². The molecule has 1 fully saturated rings. The van der Waals surface area contributed by atoms with Crippen molar-refractivity contribution in [3.8, 4) is 0 Å². The molecule has 3 nitrogen and oxygen atoms in total. The van der Waals surface area contributed by atoms with Crippen molar-refractivity contribution in [1.82, 2.24) is 10.3 Å². The molecule has 20 heavy (non-hydrogen) atoms. The highest BCUT2D eigenvalue weighted by Crippen LogP contribution is 2.35. The van der Waals surface area contributed by atoms with Crippen molar-refractivity contribution in [2.45, 2.75) is 58.8 Å². The van der Waals surface area contributed by atoms with Crippen LogP contribution < -0.4 is 5.32 Å². The Morgan fingerprint density at radius 1 is 1.30 bits per heavy atom. The predicted molar refractivity (Wildman–Crippen MR) is 82.7 cm³/mol. The van der Waals surface area contributed by atoms with Crippen LogP contribution in [-0.2, 0) is 11.2 Å². The van der Waals surface area contributed by atoms with E-state index in [9.17, 15) is 0 Å². The van der Waals surface area contributed by atoms with Crippen LogP contribution in [-0.4, -0.2) is 29.8 Å². The van der Waals surface area contributed by atoms with E-state index in [0.717, 1.165) is 19.4 Å². The van der Waals surface area contributed by atoms with Gasteiger partial charge in [0.15, 0.2) is 0 Å². The Hall–Kier alpha value is -0.930. The fourth-order valence-corrected chi connectivity index (χ4v) is 3.43. The molecule has 1 saturated heterocycles. The van der Waals surface area contributed by atoms with Gasteiger partial charge < -0.3 is 10.1 Å². The molecule has 0 radical (unpaired) electrons. The molecular formula is C17H28N2O. The van der Waals surface area contributed by atoms with Crippen LogP contribution in [0.3, 0.4) is 0 Å². The Bertz CT molecular complexity index is 395. The van der Waals surface area contributed by atoms with Gasteiger partial charge in [-0.1, -0.05) is 19.9 Å². The van der Waals surface area contributed by atoms with Crippen molar-refractivity contribution in [3.05, 3.63) is 30.1 Å². The quantitative estimate of drug-likeness (QED) is 0.867. The molecule has 2 heterocycles. The fourth-order valence-electron chi connectivity index (χ4n) is 3.43. The number of pyridine rings is 1. The minimum Gasteiger partial charge on any atom is -0.375 e. The average molecular weight is 276 g/mol. The lowest BCUT2D eigenvalue weighted by molar-refractivity contribution is 0.0476. The third-order valence-electron chi connectivity index (χ3n) is 4.62. The maximum Gasteiger partial charge on any atom is 0.0597 e. The minimum atomic E-state index is 0.325. The molecule has 5 unspecified atom stereocenters. The van der Waals surface area contributed by atoms with Gasteiger partial charge in [-0.05, 0) is 50.8 Å². The Labute approximate surface area is 123 Å². The summed E-state index contributed by atoms with van der Waals surface area (Å²) in [6.07, 6.45) is 6.69. The monoisotopic (exact) mass is 276 g/mol. The molecular weight excluding hydrogens is 248 g/mol. The van der Waals surface area contributed by atoms with E-state index in [4.69, 9.17) is 4.74 Å². The van der Waals surface area contributed by atoms with Crippen molar-refractivity contribution in [2.75, 3.05) is 6.54 Å². The first-order valence-electron chi connectivity index (χ1n) is 7.91. The van der Waals surface area contributed by atoms with Crippen LogP contribution >= 0.6 is 0 Å². The lowest BCUT2D eigenvalue weighted by Crippen LogP contribution is -2.43. The Balaban J connectivity index is 2.10. The summed E-state index contributed by atoms with van der Waals surface area (Å²) in [6.45, 7) is 10.0. The molecule has 0 spiro atoms. The van der Waals surface area contributed by atoms with E-state index in [1.807, 2.05) is 18.5 Å². The number of ether oxygens (including phenoxy) is 1. The molecule has 0 aliphatic carbocycles. The summed E-state index contributed by atoms with van der Waals surface area (Å²) in [5.74, 6) is 1.16. The van der Waals surface area contributed by atoms with Crippen LogP contribution in [0.5, 0.6) is 0 Å². The molecule has 1 aromatic rings. The summed E-state index contributed by atoms with van der Waals surface area (Å²) in [5, 5.41) is 3.73. The van der Waals surface area contributed by atoms with E-state index in [-0.39, 0.29) is 0 Å². The van der Waals surface area contributed by atoms with Crippen molar-refractivity contribution >= 4 is 0 Å². The Morgan fingerprint density at radius 2 is 2.10 bits per heavy atom. The van der Waals surface area contributed by atoms with Gasteiger partial charge in [-0.25, -0.2) is 0 Å². The zero-order chi connectivity index (χ0) is 14.5. The second kappa shape index (κ2) is 7.19. The lowest BCUT2D eigenvalue weighted by Gasteiger charge is -2.30. The molecule has 2 rings (SSSR count). The summed E-state index contributed by atoms with van der Waals surface area (Å²) in [5.41, 5.74) is 1.31. The highest BCUT2D eigenvalue weighted by molar-refractivity contribution is 5.11. The molecule has 3 heteroatoms. The topological polar surface area (TPSA) is 34.2 Å². The second-order valence-electron chi connectivity index (χ2n) is 6.11. The summed E-state index contributed by atoms with van der Waals surface area (Å²) < 4.78 is 6.03. The third kappa shape index (κ3) is 3.58. The fraction of sp³-hybridized carbons (Fsp3) is 0.706. The van der Waals surface area contributed by atoms with Crippen LogP contribution in [0, 0.1) is 11.8 Å². The van der Waals surface area contributed by atoms with Crippen molar-refractivity contribution < 1.29 is 4.74 Å². The lowest BCUT2D eigenvalue weighted by atomic mass is 9.81. The first-order valence-corrected chi connectivity index (χ1v) is 7.91. The normalized spacial score (nSPS) is 31.4. The summed E-state index contributed by atoms with van der Waals surface area (Å²) in [6, 6.07) is 4.66. The van der Waals surface area contributed by atoms with E-state index >= 15 is 0 Å². The molecule has 1 aliphatic rings. The number of rotatable bonds is 6. The molecule has 1 aromatic heterocycles. The van der Waals surface area contributed by atoms with Gasteiger partial charge in [0.2, 0.25) is 0 Å². The zero-order valence-corrected chi connectivity index (χ0v) is 13.2. The minimum absolute atomic E-state index is 0.325. The average Bonchev–Trinajstić information content (AvgIpc) is 2.70. The molecule has 112 valence electrons. The van der Waals surface area contributed by atoms with E-state index < -0.39 is 0 Å². The van der Waals surface area contributed by atoms with Crippen molar-refractivity contribution in [1.29, 1.82) is 0 Å². The molecule has 1 aliphatic heterocycles. The Kier molecular flexibility index (Phi) is 5.55. The van der Waals surface area contributed by atoms with Gasteiger partial charge in [0.1, 0.15) is 0 Å².